The van der Waals surface area contributed by atoms with Crippen LogP contribution in [0.5, 0.6) is 0 Å². The molecule has 8 heteroatoms. The van der Waals surface area contributed by atoms with Crippen molar-refractivity contribution < 1.29 is 17.9 Å². The van der Waals surface area contributed by atoms with Crippen molar-refractivity contribution in [1.29, 1.82) is 0 Å². The summed E-state index contributed by atoms with van der Waals surface area (Å²) in [6.07, 6.45) is 3.85. The normalized spacial score (nSPS) is 12.7. The molecule has 0 atom stereocenters. The van der Waals surface area contributed by atoms with E-state index >= 15 is 0 Å². The average Bonchev–Trinajstić information content (AvgIpc) is 2.98. The highest BCUT2D eigenvalue weighted by molar-refractivity contribution is 6.12. The van der Waals surface area contributed by atoms with Crippen LogP contribution in [-0.2, 0) is 11.3 Å². The molecule has 0 fully saturated rings. The Labute approximate surface area is 149 Å². The van der Waals surface area contributed by atoms with Gasteiger partial charge in [0.2, 0.25) is 0 Å². The van der Waals surface area contributed by atoms with Gasteiger partial charge in [-0.1, -0.05) is 12.7 Å². The van der Waals surface area contributed by atoms with Crippen molar-refractivity contribution in [3.8, 4) is 11.3 Å². The fourth-order valence-electron chi connectivity index (χ4n) is 2.25. The Morgan fingerprint density at radius 2 is 2.19 bits per heavy atom. The van der Waals surface area contributed by atoms with Crippen molar-refractivity contribution >= 4 is 5.71 Å². The van der Waals surface area contributed by atoms with Crippen LogP contribution in [-0.4, -0.2) is 33.4 Å². The highest BCUT2D eigenvalue weighted by Gasteiger charge is 2.28. The lowest BCUT2D eigenvalue weighted by molar-refractivity contribution is -0.325. The molecular formula is C18H19F3N4O. The summed E-state index contributed by atoms with van der Waals surface area (Å²) in [5.74, 6) is 0. The molecule has 0 spiro atoms. The molecule has 0 aliphatic carbocycles. The second-order valence-corrected chi connectivity index (χ2v) is 5.42. The lowest BCUT2D eigenvalue weighted by Crippen LogP contribution is -2.17. The van der Waals surface area contributed by atoms with Crippen molar-refractivity contribution in [2.45, 2.75) is 26.8 Å². The third kappa shape index (κ3) is 5.66. The molecule has 2 rings (SSSR count). The van der Waals surface area contributed by atoms with Crippen molar-refractivity contribution in [2.75, 3.05) is 6.61 Å². The van der Waals surface area contributed by atoms with Gasteiger partial charge < -0.3 is 0 Å². The number of nitrogens with zero attached hydrogens (tertiary/aromatic N) is 4. The van der Waals surface area contributed by atoms with Crippen molar-refractivity contribution in [3.05, 3.63) is 60.7 Å². The summed E-state index contributed by atoms with van der Waals surface area (Å²) in [4.78, 5) is 8.48. The van der Waals surface area contributed by atoms with Crippen molar-refractivity contribution in [1.82, 2.24) is 14.8 Å². The van der Waals surface area contributed by atoms with Gasteiger partial charge in [0.25, 0.3) is 0 Å². The van der Waals surface area contributed by atoms with E-state index in [1.165, 1.54) is 4.68 Å². The number of hydrogen-bond donors (Lipinski definition) is 0. The molecule has 0 N–H and O–H groups in total. The number of aromatic nitrogens is 3. The second kappa shape index (κ2) is 8.57. The zero-order valence-corrected chi connectivity index (χ0v) is 14.5. The van der Waals surface area contributed by atoms with E-state index in [1.807, 2.05) is 19.1 Å². The highest BCUT2D eigenvalue weighted by Crippen LogP contribution is 2.23. The van der Waals surface area contributed by atoms with Gasteiger partial charge in [-0.15, -0.1) is 13.2 Å². The Morgan fingerprint density at radius 3 is 2.77 bits per heavy atom. The number of pyridine rings is 1. The first-order chi connectivity index (χ1) is 12.3. The molecule has 0 aliphatic heterocycles. The van der Waals surface area contributed by atoms with E-state index in [4.69, 9.17) is 0 Å². The van der Waals surface area contributed by atoms with Gasteiger partial charge in [-0.3, -0.25) is 19.4 Å². The summed E-state index contributed by atoms with van der Waals surface area (Å²) < 4.78 is 41.8. The topological polar surface area (TPSA) is 52.3 Å². The molecule has 5 nitrogen and oxygen atoms in total. The number of allylic oxidation sites excluding steroid dienone is 3. The van der Waals surface area contributed by atoms with E-state index in [0.717, 1.165) is 5.56 Å². The Morgan fingerprint density at radius 1 is 1.42 bits per heavy atom. The van der Waals surface area contributed by atoms with Gasteiger partial charge in [0.1, 0.15) is 5.69 Å². The van der Waals surface area contributed by atoms with E-state index in [2.05, 4.69) is 26.4 Å². The fraction of sp³-hybridized carbons (Fsp3) is 0.278. The Kier molecular flexibility index (Phi) is 6.46. The molecule has 26 heavy (non-hydrogen) atoms. The van der Waals surface area contributed by atoms with Crippen LogP contribution >= 0.6 is 0 Å². The standard InChI is InChI=1S/C18H19F3N4O/c1-4-6-16(23-13(2)3)15-12-25(9-10-26-18(19,20)21)24-17(15)14-7-5-8-22-11-14/h4-8,11-12H,2,9-10H2,1,3H3/b6-4-,23-16?. The maximum atomic E-state index is 12.2. The average molecular weight is 364 g/mol. The van der Waals surface area contributed by atoms with Crippen LogP contribution in [0.2, 0.25) is 0 Å². The molecule has 0 amide bonds. The zero-order chi connectivity index (χ0) is 19.2. The highest BCUT2D eigenvalue weighted by atomic mass is 19.4. The molecule has 0 saturated heterocycles. The third-order valence-corrected chi connectivity index (χ3v) is 3.19. The first-order valence-electron chi connectivity index (χ1n) is 7.86. The number of ether oxygens (including phenoxy) is 1. The maximum Gasteiger partial charge on any atom is 0.522 e. The Hall–Kier alpha value is -2.74. The molecule has 138 valence electrons. The minimum atomic E-state index is -4.67. The molecule has 0 radical (unpaired) electrons. The molecule has 2 aromatic heterocycles. The zero-order valence-electron chi connectivity index (χ0n) is 14.5. The Bertz CT molecular complexity index is 808. The van der Waals surface area contributed by atoms with E-state index in [0.29, 0.717) is 22.7 Å². The van der Waals surface area contributed by atoms with Gasteiger partial charge in [-0.25, -0.2) is 0 Å². The molecular weight excluding hydrogens is 345 g/mol. The van der Waals surface area contributed by atoms with Crippen LogP contribution < -0.4 is 0 Å². The molecule has 0 aromatic carbocycles. The van der Waals surface area contributed by atoms with E-state index in [-0.39, 0.29) is 6.54 Å². The molecule has 0 saturated carbocycles. The van der Waals surface area contributed by atoms with Crippen LogP contribution in [0.1, 0.15) is 19.4 Å². The lowest BCUT2D eigenvalue weighted by atomic mass is 10.1. The van der Waals surface area contributed by atoms with E-state index < -0.39 is 13.0 Å². The fourth-order valence-corrected chi connectivity index (χ4v) is 2.25. The van der Waals surface area contributed by atoms with Gasteiger partial charge in [0.15, 0.2) is 0 Å². The third-order valence-electron chi connectivity index (χ3n) is 3.19. The monoisotopic (exact) mass is 364 g/mol. The maximum absolute atomic E-state index is 12.2. The first-order valence-corrected chi connectivity index (χ1v) is 7.86. The SMILES string of the molecule is C=C(C)N=C(/C=C\C)c1cn(CCOC(F)(F)F)nc1-c1cccnc1. The van der Waals surface area contributed by atoms with Crippen LogP contribution in [0.25, 0.3) is 11.3 Å². The van der Waals surface area contributed by atoms with Crippen LogP contribution in [0, 0.1) is 0 Å². The number of aliphatic imine (C=N–C) groups is 1. The summed E-state index contributed by atoms with van der Waals surface area (Å²) in [6, 6.07) is 3.58. The summed E-state index contributed by atoms with van der Waals surface area (Å²) in [5, 5.41) is 4.40. The van der Waals surface area contributed by atoms with Gasteiger partial charge >= 0.3 is 6.36 Å². The van der Waals surface area contributed by atoms with Gasteiger partial charge in [-0.05, 0) is 32.1 Å². The van der Waals surface area contributed by atoms with Gasteiger partial charge in [0.05, 0.1) is 18.9 Å². The molecule has 0 aliphatic rings. The predicted octanol–water partition coefficient (Wildman–Crippen LogP) is 4.38. The lowest BCUT2D eigenvalue weighted by Gasteiger charge is -2.06. The smallest absolute Gasteiger partial charge is 0.290 e. The quantitative estimate of drug-likeness (QED) is 0.685. The summed E-state index contributed by atoms with van der Waals surface area (Å²) in [6.45, 7) is 6.80. The van der Waals surface area contributed by atoms with Crippen molar-refractivity contribution in [2.24, 2.45) is 4.99 Å². The molecule has 2 heterocycles. The largest absolute Gasteiger partial charge is 0.522 e. The number of hydrogen-bond acceptors (Lipinski definition) is 4. The van der Waals surface area contributed by atoms with E-state index in [1.54, 1.807) is 37.7 Å². The molecule has 0 unspecified atom stereocenters. The second-order valence-electron chi connectivity index (χ2n) is 5.42. The summed E-state index contributed by atoms with van der Waals surface area (Å²) in [5.41, 5.74) is 3.19. The molecule has 2 aromatic rings. The van der Waals surface area contributed by atoms with Crippen LogP contribution in [0.15, 0.2) is 60.1 Å². The Balaban J connectivity index is 2.42. The summed E-state index contributed by atoms with van der Waals surface area (Å²) in [7, 11) is 0. The molecule has 0 bridgehead atoms. The number of alkyl halides is 3. The summed E-state index contributed by atoms with van der Waals surface area (Å²) >= 11 is 0. The van der Waals surface area contributed by atoms with E-state index in [9.17, 15) is 13.2 Å². The predicted molar refractivity (Wildman–Crippen MR) is 93.6 cm³/mol. The minimum absolute atomic E-state index is 0.0526. The van der Waals surface area contributed by atoms with Gasteiger partial charge in [0, 0.05) is 35.4 Å². The number of halogens is 3. The minimum Gasteiger partial charge on any atom is -0.290 e. The van der Waals surface area contributed by atoms with Crippen LogP contribution in [0.3, 0.4) is 0 Å². The van der Waals surface area contributed by atoms with Crippen molar-refractivity contribution in [3.63, 3.8) is 0 Å². The van der Waals surface area contributed by atoms with Gasteiger partial charge in [-0.2, -0.15) is 5.10 Å². The number of rotatable bonds is 7. The van der Waals surface area contributed by atoms with Crippen LogP contribution in [0.4, 0.5) is 13.2 Å². The first kappa shape index (κ1) is 19.6.